The van der Waals surface area contributed by atoms with Crippen LogP contribution in [0.25, 0.3) is 6.08 Å². The highest BCUT2D eigenvalue weighted by molar-refractivity contribution is 5.47. The number of unbranched alkanes of at least 4 members (excludes halogenated alkanes) is 5. The summed E-state index contributed by atoms with van der Waals surface area (Å²) in [7, 11) is 0. The van der Waals surface area contributed by atoms with E-state index in [9.17, 15) is 0 Å². The van der Waals surface area contributed by atoms with Gasteiger partial charge >= 0.3 is 5.97 Å². The van der Waals surface area contributed by atoms with E-state index in [0.717, 1.165) is 24.0 Å². The second kappa shape index (κ2) is 15.6. The van der Waals surface area contributed by atoms with Gasteiger partial charge in [-0.05, 0) is 44.4 Å². The summed E-state index contributed by atoms with van der Waals surface area (Å²) in [4.78, 5) is 0. The molecule has 29 heavy (non-hydrogen) atoms. The minimum atomic E-state index is -1.16. The smallest absolute Gasteiger partial charge is 0.310 e. The molecule has 0 aliphatic carbocycles. The molecule has 0 aliphatic heterocycles. The van der Waals surface area contributed by atoms with E-state index < -0.39 is 5.97 Å². The molecule has 166 valence electrons. The van der Waals surface area contributed by atoms with Gasteiger partial charge in [0.2, 0.25) is 0 Å². The molecule has 0 aromatic heterocycles. The maximum atomic E-state index is 6.37. The van der Waals surface area contributed by atoms with Crippen molar-refractivity contribution >= 4 is 6.08 Å². The molecule has 0 amide bonds. The molecule has 0 saturated carbocycles. The lowest BCUT2D eigenvalue weighted by atomic mass is 10.1. The number of ether oxygens (including phenoxy) is 4. The van der Waals surface area contributed by atoms with Crippen molar-refractivity contribution < 1.29 is 18.9 Å². The molecule has 0 heterocycles. The van der Waals surface area contributed by atoms with Crippen LogP contribution in [0.5, 0.6) is 0 Å². The normalized spacial score (nSPS) is 12.8. The van der Waals surface area contributed by atoms with E-state index in [1.165, 1.54) is 32.1 Å². The first kappa shape index (κ1) is 25.8. The summed E-state index contributed by atoms with van der Waals surface area (Å²) in [5.74, 6) is -1.16. The standard InChI is InChI=1S/C25H42O4/c1-6-11-12-13-14-15-19-24(25(27-8-3,28-9-4)29-10-5)26-21-23-18-16-17-22(7-2)20-23/h7,16-18,20,24H,2,6,8-15,19,21H2,1,3-5H3. The molecule has 0 bridgehead atoms. The molecule has 1 aromatic carbocycles. The van der Waals surface area contributed by atoms with Crippen LogP contribution in [-0.2, 0) is 25.6 Å². The largest absolute Gasteiger partial charge is 0.365 e. The summed E-state index contributed by atoms with van der Waals surface area (Å²) in [5, 5.41) is 0. The predicted octanol–water partition coefficient (Wildman–Crippen LogP) is 6.73. The van der Waals surface area contributed by atoms with Gasteiger partial charge < -0.3 is 18.9 Å². The highest BCUT2D eigenvalue weighted by Crippen LogP contribution is 2.28. The predicted molar refractivity (Wildman–Crippen MR) is 121 cm³/mol. The van der Waals surface area contributed by atoms with Gasteiger partial charge in [-0.3, -0.25) is 0 Å². The summed E-state index contributed by atoms with van der Waals surface area (Å²) in [5.41, 5.74) is 2.19. The maximum Gasteiger partial charge on any atom is 0.310 e. The van der Waals surface area contributed by atoms with Gasteiger partial charge in [0.1, 0.15) is 6.10 Å². The topological polar surface area (TPSA) is 36.9 Å². The van der Waals surface area contributed by atoms with Gasteiger partial charge in [0, 0.05) is 19.8 Å². The van der Waals surface area contributed by atoms with Crippen molar-refractivity contribution in [1.82, 2.24) is 0 Å². The first-order valence-electron chi connectivity index (χ1n) is 11.4. The van der Waals surface area contributed by atoms with Crippen LogP contribution in [0.3, 0.4) is 0 Å². The van der Waals surface area contributed by atoms with Crippen LogP contribution in [0.15, 0.2) is 30.8 Å². The molecule has 1 rings (SSSR count). The van der Waals surface area contributed by atoms with Crippen LogP contribution >= 0.6 is 0 Å². The minimum absolute atomic E-state index is 0.291. The molecule has 0 aliphatic rings. The third-order valence-corrected chi connectivity index (χ3v) is 4.89. The van der Waals surface area contributed by atoms with E-state index in [2.05, 4.69) is 25.6 Å². The zero-order valence-electron chi connectivity index (χ0n) is 19.1. The van der Waals surface area contributed by atoms with Crippen LogP contribution in [-0.4, -0.2) is 31.9 Å². The molecular weight excluding hydrogens is 364 g/mol. The third kappa shape index (κ3) is 9.43. The van der Waals surface area contributed by atoms with E-state index in [1.807, 2.05) is 39.0 Å². The van der Waals surface area contributed by atoms with Crippen molar-refractivity contribution in [2.45, 2.75) is 91.3 Å². The number of benzene rings is 1. The molecular formula is C25H42O4. The van der Waals surface area contributed by atoms with Crippen LogP contribution in [0.2, 0.25) is 0 Å². The molecule has 0 saturated heterocycles. The second-order valence-corrected chi connectivity index (χ2v) is 7.21. The molecule has 4 nitrogen and oxygen atoms in total. The highest BCUT2D eigenvalue weighted by Gasteiger charge is 2.43. The van der Waals surface area contributed by atoms with Crippen molar-refractivity contribution in [2.75, 3.05) is 19.8 Å². The average molecular weight is 407 g/mol. The van der Waals surface area contributed by atoms with Crippen molar-refractivity contribution in [2.24, 2.45) is 0 Å². The van der Waals surface area contributed by atoms with Gasteiger partial charge in [-0.15, -0.1) is 0 Å². The quantitative estimate of drug-likeness (QED) is 0.200. The lowest BCUT2D eigenvalue weighted by Gasteiger charge is -2.38. The molecule has 1 aromatic rings. The average Bonchev–Trinajstić information content (AvgIpc) is 2.73. The highest BCUT2D eigenvalue weighted by atomic mass is 16.9. The molecule has 0 fully saturated rings. The van der Waals surface area contributed by atoms with Crippen molar-refractivity contribution in [3.8, 4) is 0 Å². The molecule has 0 N–H and O–H groups in total. The van der Waals surface area contributed by atoms with E-state index >= 15 is 0 Å². The first-order valence-corrected chi connectivity index (χ1v) is 11.4. The summed E-state index contributed by atoms with van der Waals surface area (Å²) >= 11 is 0. The van der Waals surface area contributed by atoms with Gasteiger partial charge in [-0.2, -0.15) is 0 Å². The fourth-order valence-electron chi connectivity index (χ4n) is 3.49. The Morgan fingerprint density at radius 2 is 1.52 bits per heavy atom. The Kier molecular flexibility index (Phi) is 13.9. The molecule has 0 spiro atoms. The van der Waals surface area contributed by atoms with Gasteiger partial charge in [0.15, 0.2) is 0 Å². The molecule has 4 heteroatoms. The van der Waals surface area contributed by atoms with Gasteiger partial charge in [0.05, 0.1) is 6.61 Å². The summed E-state index contributed by atoms with van der Waals surface area (Å²) in [6, 6.07) is 8.23. The van der Waals surface area contributed by atoms with E-state index in [0.29, 0.717) is 26.4 Å². The van der Waals surface area contributed by atoms with Crippen molar-refractivity contribution in [3.63, 3.8) is 0 Å². The zero-order chi connectivity index (χ0) is 21.4. The van der Waals surface area contributed by atoms with E-state index in [-0.39, 0.29) is 6.10 Å². The van der Waals surface area contributed by atoms with Gasteiger partial charge in [-0.25, -0.2) is 0 Å². The number of rotatable bonds is 18. The zero-order valence-corrected chi connectivity index (χ0v) is 19.1. The monoisotopic (exact) mass is 406 g/mol. The third-order valence-electron chi connectivity index (χ3n) is 4.89. The SMILES string of the molecule is C=Cc1cccc(COC(CCCCCCCC)C(OCC)(OCC)OCC)c1. The van der Waals surface area contributed by atoms with Crippen LogP contribution in [0.4, 0.5) is 0 Å². The fourth-order valence-corrected chi connectivity index (χ4v) is 3.49. The summed E-state index contributed by atoms with van der Waals surface area (Å²) in [6.45, 7) is 14.0. The molecule has 1 unspecified atom stereocenters. The Balaban J connectivity index is 2.87. The summed E-state index contributed by atoms with van der Waals surface area (Å²) < 4.78 is 24.4. The second-order valence-electron chi connectivity index (χ2n) is 7.21. The lowest BCUT2D eigenvalue weighted by Crippen LogP contribution is -2.51. The Bertz CT molecular complexity index is 526. The molecule has 0 radical (unpaired) electrons. The van der Waals surface area contributed by atoms with Crippen molar-refractivity contribution in [1.29, 1.82) is 0 Å². The van der Waals surface area contributed by atoms with Gasteiger partial charge in [-0.1, -0.05) is 76.3 Å². The lowest BCUT2D eigenvalue weighted by molar-refractivity contribution is -0.416. The molecule has 1 atom stereocenters. The minimum Gasteiger partial charge on any atom is -0.365 e. The van der Waals surface area contributed by atoms with E-state index in [1.54, 1.807) is 0 Å². The van der Waals surface area contributed by atoms with Crippen LogP contribution < -0.4 is 0 Å². The summed E-state index contributed by atoms with van der Waals surface area (Å²) in [6.07, 6.45) is 9.77. The van der Waals surface area contributed by atoms with Crippen molar-refractivity contribution in [3.05, 3.63) is 42.0 Å². The Morgan fingerprint density at radius 3 is 2.10 bits per heavy atom. The first-order chi connectivity index (χ1) is 14.2. The van der Waals surface area contributed by atoms with E-state index in [4.69, 9.17) is 18.9 Å². The maximum absolute atomic E-state index is 6.37. The number of hydrogen-bond donors (Lipinski definition) is 0. The number of hydrogen-bond acceptors (Lipinski definition) is 4. The fraction of sp³-hybridized carbons (Fsp3) is 0.680. The van der Waals surface area contributed by atoms with Crippen LogP contribution in [0, 0.1) is 0 Å². The van der Waals surface area contributed by atoms with Crippen LogP contribution in [0.1, 0.15) is 83.8 Å². The Labute approximate surface area is 178 Å². The Hall–Kier alpha value is -1.20. The Morgan fingerprint density at radius 1 is 0.897 bits per heavy atom. The van der Waals surface area contributed by atoms with Gasteiger partial charge in [0.25, 0.3) is 0 Å².